The fourth-order valence-electron chi connectivity index (χ4n) is 5.75. The second-order valence-corrected chi connectivity index (χ2v) is 10.6. The van der Waals surface area contributed by atoms with Crippen LogP contribution in [0.1, 0.15) is 96.0 Å². The topological polar surface area (TPSA) is 97.5 Å². The third-order valence-electron chi connectivity index (χ3n) is 7.87. The van der Waals surface area contributed by atoms with Crippen molar-refractivity contribution in [3.63, 3.8) is 0 Å². The number of hydrogen-bond donors (Lipinski definition) is 1. The van der Waals surface area contributed by atoms with E-state index in [9.17, 15) is 9.59 Å². The summed E-state index contributed by atoms with van der Waals surface area (Å²) in [5, 5.41) is 0. The summed E-state index contributed by atoms with van der Waals surface area (Å²) in [5.74, 6) is 1.29. The van der Waals surface area contributed by atoms with Gasteiger partial charge in [-0.2, -0.15) is 0 Å². The highest BCUT2D eigenvalue weighted by atomic mass is 16.5. The number of hydrogen-bond acceptors (Lipinski definition) is 7. The number of carbonyl (C=O) groups is 2. The number of aliphatic imine (C=N–C) groups is 1. The van der Waals surface area contributed by atoms with Crippen LogP contribution in [-0.4, -0.2) is 59.5 Å². The van der Waals surface area contributed by atoms with Crippen LogP contribution in [0.25, 0.3) is 0 Å². The maximum atomic E-state index is 13.0. The fourth-order valence-corrected chi connectivity index (χ4v) is 5.75. The van der Waals surface area contributed by atoms with Crippen molar-refractivity contribution >= 4 is 23.8 Å². The largest absolute Gasteiger partial charge is 0.494 e. The summed E-state index contributed by atoms with van der Waals surface area (Å²) in [7, 11) is 0. The average molecular weight is 513 g/mol. The van der Waals surface area contributed by atoms with Crippen LogP contribution >= 0.6 is 0 Å². The van der Waals surface area contributed by atoms with E-state index in [0.717, 1.165) is 81.2 Å². The van der Waals surface area contributed by atoms with Gasteiger partial charge in [0.15, 0.2) is 18.5 Å². The summed E-state index contributed by atoms with van der Waals surface area (Å²) in [4.78, 5) is 33.2. The Hall–Kier alpha value is -2.61. The van der Waals surface area contributed by atoms with E-state index < -0.39 is 6.23 Å². The summed E-state index contributed by atoms with van der Waals surface area (Å²) in [6, 6.07) is 6.14. The number of benzene rings is 1. The second kappa shape index (κ2) is 13.8. The molecule has 1 aromatic carbocycles. The molecule has 8 nitrogen and oxygen atoms in total. The molecule has 3 aliphatic rings. The molecule has 4 rings (SSSR count). The van der Waals surface area contributed by atoms with E-state index in [1.54, 1.807) is 4.90 Å². The van der Waals surface area contributed by atoms with Gasteiger partial charge in [-0.3, -0.25) is 9.59 Å². The van der Waals surface area contributed by atoms with E-state index >= 15 is 0 Å². The Morgan fingerprint density at radius 3 is 2.65 bits per heavy atom. The average Bonchev–Trinajstić information content (AvgIpc) is 3.44. The van der Waals surface area contributed by atoms with Gasteiger partial charge in [0.25, 0.3) is 0 Å². The number of rotatable bonds is 13. The zero-order chi connectivity index (χ0) is 26.0. The van der Waals surface area contributed by atoms with Crippen LogP contribution in [0.15, 0.2) is 23.2 Å². The van der Waals surface area contributed by atoms with Gasteiger partial charge in [0.2, 0.25) is 5.91 Å². The minimum atomic E-state index is -0.740. The number of ether oxygens (including phenoxy) is 2. The van der Waals surface area contributed by atoms with Crippen LogP contribution in [0.4, 0.5) is 5.69 Å². The number of amides is 1. The lowest BCUT2D eigenvalue weighted by molar-refractivity contribution is -0.134. The number of carbonyl (C=O) groups excluding carboxylic acids is 2. The molecule has 8 heteroatoms. The first-order chi connectivity index (χ1) is 18.1. The van der Waals surface area contributed by atoms with Crippen molar-refractivity contribution in [3.8, 4) is 5.75 Å². The van der Waals surface area contributed by atoms with Gasteiger partial charge in [-0.05, 0) is 56.7 Å². The molecule has 37 heavy (non-hydrogen) atoms. The first-order valence-electron chi connectivity index (χ1n) is 14.4. The van der Waals surface area contributed by atoms with Crippen molar-refractivity contribution in [2.75, 3.05) is 13.2 Å². The zero-order valence-corrected chi connectivity index (χ0v) is 22.4. The Morgan fingerprint density at radius 2 is 1.92 bits per heavy atom. The predicted octanol–water partition coefficient (Wildman–Crippen LogP) is 5.05. The minimum absolute atomic E-state index is 0.0952. The Bertz CT molecular complexity index is 924. The van der Waals surface area contributed by atoms with Gasteiger partial charge in [-0.25, -0.2) is 4.99 Å². The number of aldehydes is 1. The number of nitrogens with two attached hydrogens (primary N) is 1. The first-order valence-corrected chi connectivity index (χ1v) is 14.4. The standard InChI is InChI=1S/C29H44N4O4/c1-2-3-17-32(23-10-5-4-6-11-23)27(35)14-9-18-36-25-15-16-26-22(19-25)20-33(29(30)31-26)28(21-34)37-24-12-7-8-13-24/h15-16,19,21,23-24,28H,2-14,17-18,20H2,1H3,(H2,30,31). The zero-order valence-electron chi connectivity index (χ0n) is 22.4. The molecule has 2 N–H and O–H groups in total. The van der Waals surface area contributed by atoms with Gasteiger partial charge >= 0.3 is 0 Å². The van der Waals surface area contributed by atoms with Crippen LogP contribution < -0.4 is 10.5 Å². The first kappa shape index (κ1) is 27.4. The summed E-state index contributed by atoms with van der Waals surface area (Å²) in [5.41, 5.74) is 7.90. The molecule has 1 amide bonds. The lowest BCUT2D eigenvalue weighted by atomic mass is 9.93. The third kappa shape index (κ3) is 7.46. The van der Waals surface area contributed by atoms with E-state index in [0.29, 0.717) is 38.0 Å². The third-order valence-corrected chi connectivity index (χ3v) is 7.87. The van der Waals surface area contributed by atoms with Gasteiger partial charge in [0, 0.05) is 24.6 Å². The molecular formula is C29H44N4O4. The van der Waals surface area contributed by atoms with Crippen LogP contribution in [0.5, 0.6) is 5.75 Å². The summed E-state index contributed by atoms with van der Waals surface area (Å²) in [6.07, 6.45) is 13.8. The number of fused-ring (bicyclic) bond motifs is 1. The van der Waals surface area contributed by atoms with E-state index in [1.165, 1.54) is 19.3 Å². The molecule has 0 spiro atoms. The molecule has 0 saturated heterocycles. The Labute approximate surface area is 221 Å². The van der Waals surface area contributed by atoms with Crippen LogP contribution in [0.2, 0.25) is 0 Å². The van der Waals surface area contributed by atoms with Gasteiger partial charge in [-0.15, -0.1) is 0 Å². The van der Waals surface area contributed by atoms with Gasteiger partial charge in [0.05, 0.1) is 24.9 Å². The molecule has 2 saturated carbocycles. The van der Waals surface area contributed by atoms with Crippen molar-refractivity contribution in [2.45, 2.75) is 115 Å². The molecule has 0 aromatic heterocycles. The maximum Gasteiger partial charge on any atom is 0.222 e. The molecule has 0 bridgehead atoms. The highest BCUT2D eigenvalue weighted by Gasteiger charge is 2.29. The van der Waals surface area contributed by atoms with Crippen molar-refractivity contribution in [1.29, 1.82) is 0 Å². The highest BCUT2D eigenvalue weighted by Crippen LogP contribution is 2.31. The highest BCUT2D eigenvalue weighted by molar-refractivity contribution is 5.85. The van der Waals surface area contributed by atoms with Crippen molar-refractivity contribution < 1.29 is 19.1 Å². The lowest BCUT2D eigenvalue weighted by Crippen LogP contribution is -2.48. The van der Waals surface area contributed by atoms with Crippen molar-refractivity contribution in [2.24, 2.45) is 10.7 Å². The number of guanidine groups is 1. The Balaban J connectivity index is 1.29. The molecule has 2 fully saturated rings. The molecule has 2 aliphatic carbocycles. The monoisotopic (exact) mass is 512 g/mol. The van der Waals surface area contributed by atoms with Crippen molar-refractivity contribution in [3.05, 3.63) is 23.8 Å². The SMILES string of the molecule is CCCCN(C(=O)CCCOc1ccc2c(c1)CN(C(C=O)OC1CCCC1)C(N)=N2)C1CCCCC1. The summed E-state index contributed by atoms with van der Waals surface area (Å²) >= 11 is 0. The molecule has 1 atom stereocenters. The Morgan fingerprint density at radius 1 is 1.16 bits per heavy atom. The molecule has 0 radical (unpaired) electrons. The molecule has 204 valence electrons. The quantitative estimate of drug-likeness (QED) is 0.293. The molecule has 1 heterocycles. The lowest BCUT2D eigenvalue weighted by Gasteiger charge is -2.34. The maximum absolute atomic E-state index is 13.0. The van der Waals surface area contributed by atoms with Crippen LogP contribution in [0, 0.1) is 0 Å². The Kier molecular flexibility index (Phi) is 10.2. The van der Waals surface area contributed by atoms with Crippen molar-refractivity contribution in [1.82, 2.24) is 9.80 Å². The smallest absolute Gasteiger partial charge is 0.222 e. The van der Waals surface area contributed by atoms with Gasteiger partial charge < -0.3 is 25.0 Å². The number of unbranched alkanes of at least 4 members (excludes halogenated alkanes) is 1. The van der Waals surface area contributed by atoms with E-state index in [4.69, 9.17) is 15.2 Å². The molecular weight excluding hydrogens is 468 g/mol. The fraction of sp³-hybridized carbons (Fsp3) is 0.690. The summed E-state index contributed by atoms with van der Waals surface area (Å²) in [6.45, 7) is 3.96. The molecule has 1 unspecified atom stereocenters. The summed E-state index contributed by atoms with van der Waals surface area (Å²) < 4.78 is 12.1. The van der Waals surface area contributed by atoms with E-state index in [-0.39, 0.29) is 12.0 Å². The van der Waals surface area contributed by atoms with E-state index in [2.05, 4.69) is 16.8 Å². The minimum Gasteiger partial charge on any atom is -0.494 e. The van der Waals surface area contributed by atoms with Crippen LogP contribution in [0.3, 0.4) is 0 Å². The normalized spacial score (nSPS) is 19.3. The van der Waals surface area contributed by atoms with Gasteiger partial charge in [-0.1, -0.05) is 45.4 Å². The predicted molar refractivity (Wildman–Crippen MR) is 145 cm³/mol. The number of nitrogens with zero attached hydrogens (tertiary/aromatic N) is 3. The second-order valence-electron chi connectivity index (χ2n) is 10.6. The van der Waals surface area contributed by atoms with E-state index in [1.807, 2.05) is 18.2 Å². The van der Waals surface area contributed by atoms with Crippen LogP contribution in [-0.2, 0) is 20.9 Å². The molecule has 1 aliphatic heterocycles. The molecule has 1 aromatic rings. The van der Waals surface area contributed by atoms with Gasteiger partial charge in [0.1, 0.15) is 5.75 Å².